The minimum Gasteiger partial charge on any atom is -0.310 e. The van der Waals surface area contributed by atoms with Gasteiger partial charge in [0.15, 0.2) is 0 Å². The van der Waals surface area contributed by atoms with Gasteiger partial charge in [-0.2, -0.15) is 0 Å². The molecule has 2 aromatic rings. The Morgan fingerprint density at radius 1 is 1.15 bits per heavy atom. The first-order chi connectivity index (χ1) is 9.60. The molecule has 0 saturated carbocycles. The van der Waals surface area contributed by atoms with Crippen molar-refractivity contribution in [2.45, 2.75) is 26.3 Å². The summed E-state index contributed by atoms with van der Waals surface area (Å²) < 4.78 is 1.06. The third-order valence-corrected chi connectivity index (χ3v) is 4.27. The molecule has 0 spiro atoms. The Morgan fingerprint density at radius 2 is 1.85 bits per heavy atom. The minimum absolute atomic E-state index is 0.286. The van der Waals surface area contributed by atoms with E-state index >= 15 is 0 Å². The maximum Gasteiger partial charge on any atom is 0.0417 e. The van der Waals surface area contributed by atoms with Crippen LogP contribution in [-0.2, 0) is 6.42 Å². The highest BCUT2D eigenvalue weighted by Crippen LogP contribution is 2.28. The molecular formula is C17H19BrClN. The summed E-state index contributed by atoms with van der Waals surface area (Å²) in [6.45, 7) is 5.18. The number of hydrogen-bond donors (Lipinski definition) is 1. The molecule has 1 nitrogen and oxygen atoms in total. The molecule has 20 heavy (non-hydrogen) atoms. The Hall–Kier alpha value is -0.830. The first-order valence-corrected chi connectivity index (χ1v) is 8.01. The maximum absolute atomic E-state index is 6.03. The molecule has 0 bridgehead atoms. The molecular weight excluding hydrogens is 334 g/mol. The van der Waals surface area contributed by atoms with Gasteiger partial charge >= 0.3 is 0 Å². The highest BCUT2D eigenvalue weighted by molar-refractivity contribution is 9.10. The molecule has 0 aliphatic rings. The van der Waals surface area contributed by atoms with Crippen molar-refractivity contribution in [2.24, 2.45) is 0 Å². The average Bonchev–Trinajstić information content (AvgIpc) is 2.41. The molecule has 0 heterocycles. The molecule has 3 heteroatoms. The topological polar surface area (TPSA) is 12.0 Å². The fourth-order valence-corrected chi connectivity index (χ4v) is 3.24. The van der Waals surface area contributed by atoms with Gasteiger partial charge in [-0.1, -0.05) is 70.3 Å². The van der Waals surface area contributed by atoms with E-state index in [1.54, 1.807) is 0 Å². The summed E-state index contributed by atoms with van der Waals surface area (Å²) >= 11 is 9.64. The number of benzene rings is 2. The van der Waals surface area contributed by atoms with Gasteiger partial charge in [-0.15, -0.1) is 0 Å². The lowest BCUT2D eigenvalue weighted by Gasteiger charge is -2.20. The van der Waals surface area contributed by atoms with Gasteiger partial charge in [-0.3, -0.25) is 0 Å². The van der Waals surface area contributed by atoms with Gasteiger partial charge in [0, 0.05) is 15.5 Å². The van der Waals surface area contributed by atoms with Crippen LogP contribution in [0.1, 0.15) is 29.7 Å². The van der Waals surface area contributed by atoms with Crippen LogP contribution in [0.3, 0.4) is 0 Å². The number of hydrogen-bond acceptors (Lipinski definition) is 1. The highest BCUT2D eigenvalue weighted by Gasteiger charge is 2.14. The molecule has 0 amide bonds. The van der Waals surface area contributed by atoms with Crippen LogP contribution in [0, 0.1) is 6.92 Å². The zero-order valence-electron chi connectivity index (χ0n) is 11.8. The predicted octanol–water partition coefficient (Wildman–Crippen LogP) is 5.30. The fraction of sp³-hybridized carbons (Fsp3) is 0.294. The zero-order chi connectivity index (χ0) is 14.5. The standard InChI is InChI=1S/C17H19BrClN/c1-3-20-17(10-13-6-4-12(2)5-7-13)15-9-8-14(19)11-16(15)18/h4-9,11,17,20H,3,10H2,1-2H3. The Kier molecular flexibility index (Phi) is 5.64. The second-order valence-electron chi connectivity index (χ2n) is 4.97. The van der Waals surface area contributed by atoms with Gasteiger partial charge in [-0.05, 0) is 43.1 Å². The molecule has 2 rings (SSSR count). The molecule has 1 atom stereocenters. The van der Waals surface area contributed by atoms with Crippen molar-refractivity contribution in [1.82, 2.24) is 5.32 Å². The third kappa shape index (κ3) is 4.08. The second-order valence-corrected chi connectivity index (χ2v) is 6.26. The normalized spacial score (nSPS) is 12.4. The summed E-state index contributed by atoms with van der Waals surface area (Å²) in [4.78, 5) is 0. The van der Waals surface area contributed by atoms with Crippen molar-refractivity contribution in [3.8, 4) is 0 Å². The Bertz CT molecular complexity index is 566. The summed E-state index contributed by atoms with van der Waals surface area (Å²) in [5.41, 5.74) is 3.88. The third-order valence-electron chi connectivity index (χ3n) is 3.35. The fourth-order valence-electron chi connectivity index (χ4n) is 2.28. The molecule has 0 aromatic heterocycles. The van der Waals surface area contributed by atoms with Crippen LogP contribution < -0.4 is 5.32 Å². The monoisotopic (exact) mass is 351 g/mol. The molecule has 0 saturated heterocycles. The van der Waals surface area contributed by atoms with Crippen LogP contribution >= 0.6 is 27.5 Å². The van der Waals surface area contributed by atoms with E-state index in [1.807, 2.05) is 12.1 Å². The Labute approximate surface area is 134 Å². The molecule has 2 aromatic carbocycles. The lowest BCUT2D eigenvalue weighted by Crippen LogP contribution is -2.23. The first kappa shape index (κ1) is 15.6. The van der Waals surface area contributed by atoms with Crippen molar-refractivity contribution >= 4 is 27.5 Å². The number of nitrogens with one attached hydrogen (secondary N) is 1. The van der Waals surface area contributed by atoms with Crippen molar-refractivity contribution in [3.05, 3.63) is 68.7 Å². The van der Waals surface area contributed by atoms with E-state index in [9.17, 15) is 0 Å². The SMILES string of the molecule is CCNC(Cc1ccc(C)cc1)c1ccc(Cl)cc1Br. The minimum atomic E-state index is 0.286. The van der Waals surface area contributed by atoms with E-state index in [-0.39, 0.29) is 6.04 Å². The zero-order valence-corrected chi connectivity index (χ0v) is 14.1. The van der Waals surface area contributed by atoms with E-state index in [0.29, 0.717) is 0 Å². The maximum atomic E-state index is 6.03. The van der Waals surface area contributed by atoms with Crippen LogP contribution in [0.2, 0.25) is 5.02 Å². The number of halogens is 2. The summed E-state index contributed by atoms with van der Waals surface area (Å²) in [5.74, 6) is 0. The van der Waals surface area contributed by atoms with Crippen LogP contribution in [0.5, 0.6) is 0 Å². The van der Waals surface area contributed by atoms with Gasteiger partial charge in [0.1, 0.15) is 0 Å². The molecule has 1 N–H and O–H groups in total. The highest BCUT2D eigenvalue weighted by atomic mass is 79.9. The van der Waals surface area contributed by atoms with E-state index in [1.165, 1.54) is 16.7 Å². The summed E-state index contributed by atoms with van der Waals surface area (Å²) in [6, 6.07) is 15.0. The van der Waals surface area contributed by atoms with Crippen molar-refractivity contribution in [3.63, 3.8) is 0 Å². The average molecular weight is 353 g/mol. The van der Waals surface area contributed by atoms with E-state index < -0.39 is 0 Å². The number of rotatable bonds is 5. The van der Waals surface area contributed by atoms with Crippen LogP contribution in [0.15, 0.2) is 46.9 Å². The number of aryl methyl sites for hydroxylation is 1. The lowest BCUT2D eigenvalue weighted by atomic mass is 9.98. The van der Waals surface area contributed by atoms with Gasteiger partial charge in [0.05, 0.1) is 0 Å². The Balaban J connectivity index is 2.24. The summed E-state index contributed by atoms with van der Waals surface area (Å²) in [5, 5.41) is 4.30. The molecule has 0 aliphatic heterocycles. The first-order valence-electron chi connectivity index (χ1n) is 6.84. The quantitative estimate of drug-likeness (QED) is 0.769. The largest absolute Gasteiger partial charge is 0.310 e. The second kappa shape index (κ2) is 7.26. The van der Waals surface area contributed by atoms with E-state index in [2.05, 4.69) is 65.4 Å². The van der Waals surface area contributed by atoms with E-state index in [4.69, 9.17) is 11.6 Å². The van der Waals surface area contributed by atoms with Crippen molar-refractivity contribution < 1.29 is 0 Å². The smallest absolute Gasteiger partial charge is 0.0417 e. The molecule has 1 unspecified atom stereocenters. The van der Waals surface area contributed by atoms with Gasteiger partial charge in [0.2, 0.25) is 0 Å². The Morgan fingerprint density at radius 3 is 2.45 bits per heavy atom. The molecule has 0 radical (unpaired) electrons. The molecule has 0 fully saturated rings. The van der Waals surface area contributed by atoms with E-state index in [0.717, 1.165) is 22.5 Å². The summed E-state index contributed by atoms with van der Waals surface area (Å²) in [6.07, 6.45) is 0.967. The van der Waals surface area contributed by atoms with Gasteiger partial charge in [-0.25, -0.2) is 0 Å². The lowest BCUT2D eigenvalue weighted by molar-refractivity contribution is 0.548. The molecule has 106 valence electrons. The number of likely N-dealkylation sites (N-methyl/N-ethyl adjacent to an activating group) is 1. The van der Waals surface area contributed by atoms with Crippen LogP contribution in [0.25, 0.3) is 0 Å². The van der Waals surface area contributed by atoms with Gasteiger partial charge in [0.25, 0.3) is 0 Å². The van der Waals surface area contributed by atoms with Gasteiger partial charge < -0.3 is 5.32 Å². The summed E-state index contributed by atoms with van der Waals surface area (Å²) in [7, 11) is 0. The predicted molar refractivity (Wildman–Crippen MR) is 90.5 cm³/mol. The van der Waals surface area contributed by atoms with Crippen LogP contribution in [-0.4, -0.2) is 6.54 Å². The van der Waals surface area contributed by atoms with Crippen molar-refractivity contribution in [1.29, 1.82) is 0 Å². The van der Waals surface area contributed by atoms with Crippen molar-refractivity contribution in [2.75, 3.05) is 6.54 Å². The van der Waals surface area contributed by atoms with Crippen LogP contribution in [0.4, 0.5) is 0 Å². The molecule has 0 aliphatic carbocycles.